The molecule has 27 heavy (non-hydrogen) atoms. The van der Waals surface area contributed by atoms with E-state index in [0.29, 0.717) is 18.0 Å². The standard InChI is InChI=1S/C19H19N3O5/c1-2-27-17-9-7-15(8-10-17)21-12-13(11-18(21)23)19(24)20-14-3-5-16(6-4-14)22(25)26/h3-10,13H,2,11-12H2,1H3,(H,20,24)/t13-/m1/s1. The summed E-state index contributed by atoms with van der Waals surface area (Å²) in [6.45, 7) is 2.74. The van der Waals surface area contributed by atoms with E-state index >= 15 is 0 Å². The Kier molecular flexibility index (Phi) is 5.35. The Morgan fingerprint density at radius 3 is 2.48 bits per heavy atom. The maximum atomic E-state index is 12.5. The summed E-state index contributed by atoms with van der Waals surface area (Å²) in [6, 6.07) is 12.7. The zero-order valence-corrected chi connectivity index (χ0v) is 14.8. The van der Waals surface area contributed by atoms with E-state index in [2.05, 4.69) is 5.32 Å². The molecule has 140 valence electrons. The Morgan fingerprint density at radius 1 is 1.22 bits per heavy atom. The highest BCUT2D eigenvalue weighted by molar-refractivity contribution is 6.03. The van der Waals surface area contributed by atoms with E-state index in [-0.39, 0.29) is 30.5 Å². The van der Waals surface area contributed by atoms with Crippen LogP contribution in [-0.4, -0.2) is 29.9 Å². The second-order valence-corrected chi connectivity index (χ2v) is 6.13. The van der Waals surface area contributed by atoms with Crippen LogP contribution >= 0.6 is 0 Å². The first-order chi connectivity index (χ1) is 13.0. The minimum atomic E-state index is -0.504. The van der Waals surface area contributed by atoms with Crippen LogP contribution < -0.4 is 15.0 Å². The smallest absolute Gasteiger partial charge is 0.269 e. The Hall–Kier alpha value is -3.42. The first kappa shape index (κ1) is 18.4. The molecule has 2 aromatic carbocycles. The summed E-state index contributed by atoms with van der Waals surface area (Å²) in [6.07, 6.45) is 0.117. The molecule has 8 nitrogen and oxygen atoms in total. The van der Waals surface area contributed by atoms with Crippen LogP contribution in [0, 0.1) is 16.0 Å². The molecular weight excluding hydrogens is 350 g/mol. The monoisotopic (exact) mass is 369 g/mol. The van der Waals surface area contributed by atoms with E-state index in [0.717, 1.165) is 5.75 Å². The van der Waals surface area contributed by atoms with Crippen LogP contribution in [0.1, 0.15) is 13.3 Å². The van der Waals surface area contributed by atoms with Crippen molar-refractivity contribution >= 4 is 28.9 Å². The predicted octanol–water partition coefficient (Wildman–Crippen LogP) is 2.99. The van der Waals surface area contributed by atoms with Crippen molar-refractivity contribution < 1.29 is 19.2 Å². The van der Waals surface area contributed by atoms with Gasteiger partial charge < -0.3 is 15.0 Å². The maximum absolute atomic E-state index is 12.5. The van der Waals surface area contributed by atoms with Crippen LogP contribution in [0.4, 0.5) is 17.1 Å². The number of benzene rings is 2. The van der Waals surface area contributed by atoms with Gasteiger partial charge in [-0.05, 0) is 43.3 Å². The topological polar surface area (TPSA) is 102 Å². The second-order valence-electron chi connectivity index (χ2n) is 6.13. The molecule has 0 spiro atoms. The first-order valence-electron chi connectivity index (χ1n) is 8.56. The normalized spacial score (nSPS) is 16.3. The molecule has 2 amide bonds. The number of carbonyl (C=O) groups excluding carboxylic acids is 2. The molecule has 1 aliphatic heterocycles. The van der Waals surface area contributed by atoms with Crippen molar-refractivity contribution in [1.82, 2.24) is 0 Å². The van der Waals surface area contributed by atoms with Gasteiger partial charge in [-0.1, -0.05) is 0 Å². The molecule has 1 atom stereocenters. The lowest BCUT2D eigenvalue weighted by atomic mass is 10.1. The lowest BCUT2D eigenvalue weighted by molar-refractivity contribution is -0.384. The molecule has 2 aromatic rings. The largest absolute Gasteiger partial charge is 0.494 e. The van der Waals surface area contributed by atoms with Gasteiger partial charge in [0.1, 0.15) is 5.75 Å². The quantitative estimate of drug-likeness (QED) is 0.623. The summed E-state index contributed by atoms with van der Waals surface area (Å²) >= 11 is 0. The van der Waals surface area contributed by atoms with E-state index in [1.54, 1.807) is 29.2 Å². The van der Waals surface area contributed by atoms with Gasteiger partial charge in [0.25, 0.3) is 5.69 Å². The molecule has 0 aliphatic carbocycles. The predicted molar refractivity (Wildman–Crippen MR) is 99.8 cm³/mol. The van der Waals surface area contributed by atoms with Crippen LogP contribution in [0.15, 0.2) is 48.5 Å². The van der Waals surface area contributed by atoms with Crippen LogP contribution in [-0.2, 0) is 9.59 Å². The first-order valence-corrected chi connectivity index (χ1v) is 8.56. The summed E-state index contributed by atoms with van der Waals surface area (Å²) in [5.41, 5.74) is 1.12. The summed E-state index contributed by atoms with van der Waals surface area (Å²) in [7, 11) is 0. The molecule has 1 aliphatic rings. The molecule has 8 heteroatoms. The highest BCUT2D eigenvalue weighted by Gasteiger charge is 2.35. The van der Waals surface area contributed by atoms with Gasteiger partial charge >= 0.3 is 0 Å². The van der Waals surface area contributed by atoms with Gasteiger partial charge in [-0.15, -0.1) is 0 Å². The highest BCUT2D eigenvalue weighted by atomic mass is 16.6. The zero-order valence-electron chi connectivity index (χ0n) is 14.8. The molecule has 1 fully saturated rings. The van der Waals surface area contributed by atoms with Gasteiger partial charge in [0.05, 0.1) is 17.4 Å². The minimum Gasteiger partial charge on any atom is -0.494 e. The number of nitro groups is 1. The molecule has 0 unspecified atom stereocenters. The number of hydrogen-bond donors (Lipinski definition) is 1. The number of ether oxygens (including phenoxy) is 1. The summed E-state index contributed by atoms with van der Waals surface area (Å²) in [5.74, 6) is -0.173. The zero-order chi connectivity index (χ0) is 19.4. The van der Waals surface area contributed by atoms with E-state index in [4.69, 9.17) is 4.74 Å². The third kappa shape index (κ3) is 4.22. The fraction of sp³-hybridized carbons (Fsp3) is 0.263. The summed E-state index contributed by atoms with van der Waals surface area (Å²) < 4.78 is 5.39. The average Bonchev–Trinajstić information content (AvgIpc) is 3.05. The molecular formula is C19H19N3O5. The number of rotatable bonds is 6. The third-order valence-corrected chi connectivity index (χ3v) is 4.30. The van der Waals surface area contributed by atoms with Crippen LogP contribution in [0.25, 0.3) is 0 Å². The van der Waals surface area contributed by atoms with E-state index in [1.807, 2.05) is 6.92 Å². The number of anilines is 2. The fourth-order valence-electron chi connectivity index (χ4n) is 2.93. The molecule has 0 saturated carbocycles. The van der Waals surface area contributed by atoms with E-state index in [1.165, 1.54) is 24.3 Å². The molecule has 0 aromatic heterocycles. The number of hydrogen-bond acceptors (Lipinski definition) is 5. The summed E-state index contributed by atoms with van der Waals surface area (Å²) in [4.78, 5) is 36.5. The molecule has 1 N–H and O–H groups in total. The Balaban J connectivity index is 1.63. The van der Waals surface area contributed by atoms with Gasteiger partial charge in [-0.3, -0.25) is 19.7 Å². The van der Waals surface area contributed by atoms with Crippen molar-refractivity contribution in [2.75, 3.05) is 23.4 Å². The number of nitro benzene ring substituents is 1. The van der Waals surface area contributed by atoms with Crippen LogP contribution in [0.2, 0.25) is 0 Å². The molecule has 0 bridgehead atoms. The van der Waals surface area contributed by atoms with Gasteiger partial charge in [0.15, 0.2) is 0 Å². The van der Waals surface area contributed by atoms with Crippen molar-refractivity contribution in [2.24, 2.45) is 5.92 Å². The number of non-ortho nitro benzene ring substituents is 1. The van der Waals surface area contributed by atoms with Crippen molar-refractivity contribution in [1.29, 1.82) is 0 Å². The van der Waals surface area contributed by atoms with Crippen LogP contribution in [0.5, 0.6) is 5.75 Å². The van der Waals surface area contributed by atoms with Crippen molar-refractivity contribution in [3.05, 3.63) is 58.6 Å². The second kappa shape index (κ2) is 7.86. The van der Waals surface area contributed by atoms with Gasteiger partial charge in [0, 0.05) is 36.5 Å². The van der Waals surface area contributed by atoms with Gasteiger partial charge in [-0.2, -0.15) is 0 Å². The molecule has 3 rings (SSSR count). The number of carbonyl (C=O) groups is 2. The van der Waals surface area contributed by atoms with Crippen molar-refractivity contribution in [2.45, 2.75) is 13.3 Å². The number of nitrogens with one attached hydrogen (secondary N) is 1. The number of nitrogens with zero attached hydrogens (tertiary/aromatic N) is 2. The van der Waals surface area contributed by atoms with Crippen LogP contribution in [0.3, 0.4) is 0 Å². The van der Waals surface area contributed by atoms with Gasteiger partial charge in [0.2, 0.25) is 11.8 Å². The van der Waals surface area contributed by atoms with E-state index < -0.39 is 10.8 Å². The summed E-state index contributed by atoms with van der Waals surface area (Å²) in [5, 5.41) is 13.4. The maximum Gasteiger partial charge on any atom is 0.269 e. The molecule has 1 heterocycles. The highest BCUT2D eigenvalue weighted by Crippen LogP contribution is 2.28. The molecule has 0 radical (unpaired) electrons. The van der Waals surface area contributed by atoms with E-state index in [9.17, 15) is 19.7 Å². The lowest BCUT2D eigenvalue weighted by Gasteiger charge is -2.17. The average molecular weight is 369 g/mol. The molecule has 1 saturated heterocycles. The fourth-order valence-corrected chi connectivity index (χ4v) is 2.93. The lowest BCUT2D eigenvalue weighted by Crippen LogP contribution is -2.28. The Morgan fingerprint density at radius 2 is 1.89 bits per heavy atom. The number of amides is 2. The SMILES string of the molecule is CCOc1ccc(N2C[C@H](C(=O)Nc3ccc([N+](=O)[O-])cc3)CC2=O)cc1. The third-order valence-electron chi connectivity index (χ3n) is 4.30. The van der Waals surface area contributed by atoms with Crippen molar-refractivity contribution in [3.8, 4) is 5.75 Å². The Labute approximate surface area is 155 Å². The van der Waals surface area contributed by atoms with Crippen molar-refractivity contribution in [3.63, 3.8) is 0 Å². The van der Waals surface area contributed by atoms with Gasteiger partial charge in [-0.25, -0.2) is 0 Å². The minimum absolute atomic E-state index is 0.0503. The Bertz CT molecular complexity index is 849.